The average molecular weight is 358 g/mol. The molecule has 3 amide bonds. The molecule has 10 nitrogen and oxygen atoms in total. The lowest BCUT2D eigenvalue weighted by atomic mass is 10.2. The second-order valence-corrected chi connectivity index (χ2v) is 5.83. The van der Waals surface area contributed by atoms with E-state index in [-0.39, 0.29) is 17.4 Å². The fraction of sp³-hybridized carbons (Fsp3) is 0.375. The molecule has 0 radical (unpaired) electrons. The molecule has 1 aromatic rings. The highest BCUT2D eigenvalue weighted by Gasteiger charge is 2.26. The summed E-state index contributed by atoms with van der Waals surface area (Å²) < 4.78 is 6.39. The Morgan fingerprint density at radius 3 is 2.58 bits per heavy atom. The second kappa shape index (κ2) is 7.00. The number of hydrogen-bond donors (Lipinski definition) is 1. The van der Waals surface area contributed by atoms with Crippen LogP contribution >= 0.6 is 0 Å². The number of carbonyl (C=O) groups is 3. The molecule has 1 aromatic heterocycles. The van der Waals surface area contributed by atoms with Gasteiger partial charge in [0.2, 0.25) is 0 Å². The van der Waals surface area contributed by atoms with Crippen LogP contribution in [0.2, 0.25) is 0 Å². The maximum absolute atomic E-state index is 12.3. The molecule has 3 rings (SSSR count). The molecular weight excluding hydrogens is 340 g/mol. The first-order valence-electron chi connectivity index (χ1n) is 7.99. The molecule has 2 aliphatic heterocycles. The van der Waals surface area contributed by atoms with Crippen LogP contribution in [0.5, 0.6) is 0 Å². The van der Waals surface area contributed by atoms with Crippen molar-refractivity contribution < 1.29 is 19.1 Å². The summed E-state index contributed by atoms with van der Waals surface area (Å²) in [5.41, 5.74) is 1.17. The van der Waals surface area contributed by atoms with Gasteiger partial charge in [-0.05, 0) is 13.8 Å². The van der Waals surface area contributed by atoms with Gasteiger partial charge in [-0.25, -0.2) is 4.99 Å². The Hall–Kier alpha value is -3.14. The van der Waals surface area contributed by atoms with Crippen molar-refractivity contribution in [2.45, 2.75) is 13.8 Å². The maximum atomic E-state index is 12.3. The van der Waals surface area contributed by atoms with E-state index in [0.29, 0.717) is 37.7 Å². The molecule has 10 heteroatoms. The molecule has 2 aliphatic rings. The van der Waals surface area contributed by atoms with Crippen molar-refractivity contribution in [2.75, 3.05) is 31.6 Å². The van der Waals surface area contributed by atoms with Crippen LogP contribution in [0, 0.1) is 6.92 Å². The van der Waals surface area contributed by atoms with E-state index in [0.717, 1.165) is 0 Å². The Morgan fingerprint density at radius 2 is 1.92 bits per heavy atom. The first-order chi connectivity index (χ1) is 12.4. The van der Waals surface area contributed by atoms with E-state index < -0.39 is 17.7 Å². The number of rotatable bonds is 1. The fourth-order valence-corrected chi connectivity index (χ4v) is 2.47. The molecule has 136 valence electrons. The van der Waals surface area contributed by atoms with E-state index in [1.54, 1.807) is 19.9 Å². The normalized spacial score (nSPS) is 17.7. The van der Waals surface area contributed by atoms with Crippen LogP contribution in [0.25, 0.3) is 0 Å². The van der Waals surface area contributed by atoms with Crippen LogP contribution in [0.4, 0.5) is 5.82 Å². The van der Waals surface area contributed by atoms with Crippen LogP contribution < -0.4 is 5.32 Å². The molecule has 1 fully saturated rings. The van der Waals surface area contributed by atoms with Gasteiger partial charge in [-0.2, -0.15) is 14.8 Å². The number of hydrogen-bond acceptors (Lipinski definition) is 6. The van der Waals surface area contributed by atoms with E-state index in [9.17, 15) is 14.4 Å². The van der Waals surface area contributed by atoms with Gasteiger partial charge in [-0.3, -0.25) is 14.4 Å². The van der Waals surface area contributed by atoms with Gasteiger partial charge in [0.25, 0.3) is 11.9 Å². The molecule has 0 atom stereocenters. The number of morpholine rings is 1. The number of aliphatic imine (C=N–C) groups is 2. The van der Waals surface area contributed by atoms with Crippen LogP contribution in [0.3, 0.4) is 0 Å². The van der Waals surface area contributed by atoms with Crippen molar-refractivity contribution in [3.8, 4) is 0 Å². The highest BCUT2D eigenvalue weighted by Crippen LogP contribution is 2.15. The van der Waals surface area contributed by atoms with Gasteiger partial charge in [0.1, 0.15) is 5.82 Å². The van der Waals surface area contributed by atoms with Crippen molar-refractivity contribution in [1.29, 1.82) is 0 Å². The SMILES string of the molecule is C=C1C(=O)N=C(n2nc(C)cc2NC(=O)C(=O)N2CCOCC2)N=C1C. The van der Waals surface area contributed by atoms with Gasteiger partial charge in [0, 0.05) is 19.2 Å². The van der Waals surface area contributed by atoms with Crippen molar-refractivity contribution >= 4 is 35.2 Å². The van der Waals surface area contributed by atoms with E-state index in [1.807, 2.05) is 0 Å². The molecule has 0 bridgehead atoms. The summed E-state index contributed by atoms with van der Waals surface area (Å²) in [5.74, 6) is -1.79. The van der Waals surface area contributed by atoms with Crippen LogP contribution in [-0.4, -0.2) is 70.4 Å². The third-order valence-corrected chi connectivity index (χ3v) is 3.92. The highest BCUT2D eigenvalue weighted by molar-refractivity contribution is 6.39. The number of carbonyl (C=O) groups excluding carboxylic acids is 3. The summed E-state index contributed by atoms with van der Waals surface area (Å²) in [6.07, 6.45) is 0. The summed E-state index contributed by atoms with van der Waals surface area (Å²) >= 11 is 0. The van der Waals surface area contributed by atoms with Gasteiger partial charge >= 0.3 is 11.8 Å². The molecule has 0 aliphatic carbocycles. The minimum Gasteiger partial charge on any atom is -0.378 e. The quantitative estimate of drug-likeness (QED) is 0.549. The summed E-state index contributed by atoms with van der Waals surface area (Å²) in [4.78, 5) is 45.8. The summed E-state index contributed by atoms with van der Waals surface area (Å²) in [5, 5.41) is 6.70. The zero-order chi connectivity index (χ0) is 18.8. The van der Waals surface area contributed by atoms with Crippen LogP contribution in [-0.2, 0) is 19.1 Å². The Balaban J connectivity index is 1.83. The third-order valence-electron chi connectivity index (χ3n) is 3.92. The van der Waals surface area contributed by atoms with E-state index in [2.05, 4.69) is 27.0 Å². The average Bonchev–Trinajstić information content (AvgIpc) is 2.99. The molecular formula is C16H18N6O4. The van der Waals surface area contributed by atoms with Gasteiger partial charge in [-0.1, -0.05) is 6.58 Å². The van der Waals surface area contributed by atoms with Crippen molar-refractivity contribution in [3.05, 3.63) is 23.9 Å². The first-order valence-corrected chi connectivity index (χ1v) is 7.99. The first kappa shape index (κ1) is 17.7. The van der Waals surface area contributed by atoms with Crippen LogP contribution in [0.15, 0.2) is 28.2 Å². The molecule has 1 N–H and O–H groups in total. The van der Waals surface area contributed by atoms with Crippen LogP contribution in [0.1, 0.15) is 12.6 Å². The number of amides is 3. The number of aryl methyl sites for hydroxylation is 1. The monoisotopic (exact) mass is 358 g/mol. The van der Waals surface area contributed by atoms with E-state index >= 15 is 0 Å². The zero-order valence-electron chi connectivity index (χ0n) is 14.5. The molecule has 0 unspecified atom stereocenters. The lowest BCUT2D eigenvalue weighted by Gasteiger charge is -2.26. The zero-order valence-corrected chi connectivity index (χ0v) is 14.5. The largest absolute Gasteiger partial charge is 0.378 e. The summed E-state index contributed by atoms with van der Waals surface area (Å²) in [6, 6.07) is 1.56. The Morgan fingerprint density at radius 1 is 1.23 bits per heavy atom. The maximum Gasteiger partial charge on any atom is 0.315 e. The topological polar surface area (TPSA) is 118 Å². The van der Waals surface area contributed by atoms with Gasteiger partial charge in [0.15, 0.2) is 0 Å². The smallest absolute Gasteiger partial charge is 0.315 e. The fourth-order valence-electron chi connectivity index (χ4n) is 2.47. The lowest BCUT2D eigenvalue weighted by molar-refractivity contribution is -0.145. The summed E-state index contributed by atoms with van der Waals surface area (Å²) in [7, 11) is 0. The summed E-state index contributed by atoms with van der Waals surface area (Å²) in [6.45, 7) is 8.45. The molecule has 26 heavy (non-hydrogen) atoms. The Bertz CT molecular complexity index is 860. The standard InChI is InChI=1S/C16H18N6O4/c1-9-8-12(18-14(24)15(25)21-4-6-26-7-5-21)22(20-9)16-17-11(3)10(2)13(23)19-16/h8H,2,4-7H2,1,3H3,(H,18,24). The number of nitrogens with one attached hydrogen (secondary N) is 1. The molecule has 0 saturated carbocycles. The van der Waals surface area contributed by atoms with Crippen molar-refractivity contribution in [3.63, 3.8) is 0 Å². The van der Waals surface area contributed by atoms with Gasteiger partial charge in [-0.15, -0.1) is 0 Å². The highest BCUT2D eigenvalue weighted by atomic mass is 16.5. The lowest BCUT2D eigenvalue weighted by Crippen LogP contribution is -2.46. The molecule has 1 saturated heterocycles. The minimum absolute atomic E-state index is 0.00196. The van der Waals surface area contributed by atoms with E-state index in [1.165, 1.54) is 9.58 Å². The number of aromatic nitrogens is 2. The Labute approximate surface area is 149 Å². The van der Waals surface area contributed by atoms with E-state index in [4.69, 9.17) is 4.74 Å². The number of nitrogens with zero attached hydrogens (tertiary/aromatic N) is 5. The third kappa shape index (κ3) is 3.45. The van der Waals surface area contributed by atoms with Crippen molar-refractivity contribution in [2.24, 2.45) is 9.98 Å². The molecule has 3 heterocycles. The predicted octanol–water partition coefficient (Wildman–Crippen LogP) is -0.250. The number of ether oxygens (including phenoxy) is 1. The van der Waals surface area contributed by atoms with Gasteiger partial charge in [0.05, 0.1) is 30.2 Å². The minimum atomic E-state index is -0.805. The molecule has 0 spiro atoms. The predicted molar refractivity (Wildman–Crippen MR) is 93.1 cm³/mol. The Kier molecular flexibility index (Phi) is 4.76. The van der Waals surface area contributed by atoms with Crippen molar-refractivity contribution in [1.82, 2.24) is 14.7 Å². The second-order valence-electron chi connectivity index (χ2n) is 5.83. The number of anilines is 1. The molecule has 0 aromatic carbocycles. The van der Waals surface area contributed by atoms with Gasteiger partial charge < -0.3 is 15.0 Å².